The number of hydrogen-bond donors (Lipinski definition) is 1. The van der Waals surface area contributed by atoms with Gasteiger partial charge in [0.05, 0.1) is 0 Å². The lowest BCUT2D eigenvalue weighted by Crippen LogP contribution is -2.06. The number of benzene rings is 1. The summed E-state index contributed by atoms with van der Waals surface area (Å²) in [7, 11) is 0. The Hall–Kier alpha value is -1.37. The summed E-state index contributed by atoms with van der Waals surface area (Å²) in [5.41, 5.74) is 1.39. The van der Waals surface area contributed by atoms with E-state index < -0.39 is 5.97 Å². The molecule has 17 heavy (non-hydrogen) atoms. The Labute approximate surface area is 111 Å². The predicted molar refractivity (Wildman–Crippen MR) is 70.1 cm³/mol. The Morgan fingerprint density at radius 3 is 2.65 bits per heavy atom. The first kappa shape index (κ1) is 12.1. The zero-order valence-corrected chi connectivity index (χ0v) is 11.1. The minimum absolute atomic E-state index is 0.124. The molecule has 0 saturated heterocycles. The average molecular weight is 345 g/mol. The lowest BCUT2D eigenvalue weighted by Gasteiger charge is -2.07. The van der Waals surface area contributed by atoms with E-state index in [0.29, 0.717) is 5.69 Å². The molecule has 0 radical (unpaired) electrons. The molecule has 1 aromatic carbocycles. The second-order valence-corrected chi connectivity index (χ2v) is 4.95. The number of hydrogen-bond acceptors (Lipinski definition) is 1. The molecular weight excluding hydrogens is 336 g/mol. The maximum Gasteiger partial charge on any atom is 0.352 e. The van der Waals surface area contributed by atoms with Crippen molar-refractivity contribution in [2.45, 2.75) is 6.92 Å². The first-order chi connectivity index (χ1) is 7.97. The Balaban J connectivity index is 2.63. The van der Waals surface area contributed by atoms with Gasteiger partial charge >= 0.3 is 5.97 Å². The first-order valence-electron chi connectivity index (χ1n) is 4.86. The lowest BCUT2D eigenvalue weighted by atomic mass is 10.2. The molecule has 5 heteroatoms. The summed E-state index contributed by atoms with van der Waals surface area (Å²) in [4.78, 5) is 11.1. The molecule has 0 atom stereocenters. The van der Waals surface area contributed by atoms with E-state index in [2.05, 4.69) is 0 Å². The van der Waals surface area contributed by atoms with Crippen molar-refractivity contribution in [3.63, 3.8) is 0 Å². The van der Waals surface area contributed by atoms with Crippen molar-refractivity contribution in [3.8, 4) is 5.69 Å². The molecule has 0 spiro atoms. The van der Waals surface area contributed by atoms with Gasteiger partial charge in [0.1, 0.15) is 11.5 Å². The highest BCUT2D eigenvalue weighted by Gasteiger charge is 2.13. The number of carboxylic acid groups (broad SMARTS) is 1. The van der Waals surface area contributed by atoms with E-state index in [1.54, 1.807) is 25.3 Å². The third-order valence-electron chi connectivity index (χ3n) is 2.31. The van der Waals surface area contributed by atoms with Crippen LogP contribution in [0.25, 0.3) is 5.69 Å². The third kappa shape index (κ3) is 2.49. The van der Waals surface area contributed by atoms with E-state index in [4.69, 9.17) is 5.11 Å². The zero-order valence-electron chi connectivity index (χ0n) is 8.95. The second kappa shape index (κ2) is 4.48. The predicted octanol–water partition coefficient (Wildman–Crippen LogP) is 3.23. The van der Waals surface area contributed by atoms with Crippen molar-refractivity contribution in [3.05, 3.63) is 51.1 Å². The van der Waals surface area contributed by atoms with Gasteiger partial charge in [-0.25, -0.2) is 9.18 Å². The summed E-state index contributed by atoms with van der Waals surface area (Å²) in [5.74, 6) is -1.41. The molecule has 0 amide bonds. The van der Waals surface area contributed by atoms with Gasteiger partial charge in [0.15, 0.2) is 0 Å². The molecule has 3 nitrogen and oxygen atoms in total. The number of carboxylic acids is 1. The van der Waals surface area contributed by atoms with E-state index in [9.17, 15) is 9.18 Å². The maximum atomic E-state index is 13.3. The van der Waals surface area contributed by atoms with Crippen molar-refractivity contribution in [1.29, 1.82) is 0 Å². The van der Waals surface area contributed by atoms with Crippen molar-refractivity contribution in [2.24, 2.45) is 0 Å². The van der Waals surface area contributed by atoms with Gasteiger partial charge in [-0.1, -0.05) is 0 Å². The molecule has 0 bridgehead atoms. The van der Waals surface area contributed by atoms with E-state index in [1.807, 2.05) is 22.6 Å². The van der Waals surface area contributed by atoms with E-state index in [1.165, 1.54) is 16.7 Å². The topological polar surface area (TPSA) is 42.2 Å². The van der Waals surface area contributed by atoms with Crippen LogP contribution < -0.4 is 0 Å². The highest BCUT2D eigenvalue weighted by Crippen LogP contribution is 2.19. The number of carbonyl (C=O) groups is 1. The Kier molecular flexibility index (Phi) is 3.19. The normalized spacial score (nSPS) is 10.5. The van der Waals surface area contributed by atoms with Crippen LogP contribution in [0.4, 0.5) is 4.39 Å². The molecule has 2 rings (SSSR count). The third-order valence-corrected chi connectivity index (χ3v) is 2.90. The van der Waals surface area contributed by atoms with Crippen LogP contribution in [0.15, 0.2) is 30.5 Å². The molecule has 1 N–H and O–H groups in total. The summed E-state index contributed by atoms with van der Waals surface area (Å²) in [6, 6.07) is 6.00. The van der Waals surface area contributed by atoms with Gasteiger partial charge in [-0.05, 0) is 59.3 Å². The van der Waals surface area contributed by atoms with Gasteiger partial charge in [-0.3, -0.25) is 0 Å². The Bertz CT molecular complexity index is 572. The van der Waals surface area contributed by atoms with Crippen LogP contribution in [0, 0.1) is 16.3 Å². The van der Waals surface area contributed by atoms with Crippen molar-refractivity contribution < 1.29 is 14.3 Å². The molecule has 1 aromatic heterocycles. The van der Waals surface area contributed by atoms with Crippen LogP contribution in [0.3, 0.4) is 0 Å². The second-order valence-electron chi connectivity index (χ2n) is 3.71. The SMILES string of the molecule is Cc1cc(F)cc(-n2cc(I)cc2C(=O)O)c1. The quantitative estimate of drug-likeness (QED) is 0.850. The van der Waals surface area contributed by atoms with Gasteiger partial charge in [-0.2, -0.15) is 0 Å². The van der Waals surface area contributed by atoms with E-state index in [-0.39, 0.29) is 11.5 Å². The summed E-state index contributed by atoms with van der Waals surface area (Å²) < 4.78 is 15.6. The molecule has 0 fully saturated rings. The molecule has 0 saturated carbocycles. The fourth-order valence-corrected chi connectivity index (χ4v) is 2.24. The van der Waals surface area contributed by atoms with E-state index >= 15 is 0 Å². The fourth-order valence-electron chi connectivity index (χ4n) is 1.66. The number of aromatic carboxylic acids is 1. The van der Waals surface area contributed by atoms with Gasteiger partial charge in [0, 0.05) is 15.5 Å². The van der Waals surface area contributed by atoms with Gasteiger partial charge in [0.2, 0.25) is 0 Å². The molecule has 88 valence electrons. The molecule has 0 aliphatic rings. The summed E-state index contributed by atoms with van der Waals surface area (Å²) in [6.07, 6.45) is 1.66. The highest BCUT2D eigenvalue weighted by atomic mass is 127. The Morgan fingerprint density at radius 1 is 1.35 bits per heavy atom. The van der Waals surface area contributed by atoms with Crippen LogP contribution in [0.5, 0.6) is 0 Å². The largest absolute Gasteiger partial charge is 0.477 e. The first-order valence-corrected chi connectivity index (χ1v) is 5.94. The number of halogens is 2. The van der Waals surface area contributed by atoms with Crippen LogP contribution in [-0.2, 0) is 0 Å². The molecule has 2 aromatic rings. The summed E-state index contributed by atoms with van der Waals surface area (Å²) >= 11 is 2.03. The zero-order chi connectivity index (χ0) is 12.6. The lowest BCUT2D eigenvalue weighted by molar-refractivity contribution is 0.0688. The van der Waals surface area contributed by atoms with Gasteiger partial charge in [0.25, 0.3) is 0 Å². The van der Waals surface area contributed by atoms with Crippen molar-refractivity contribution in [1.82, 2.24) is 4.57 Å². The van der Waals surface area contributed by atoms with Gasteiger partial charge in [-0.15, -0.1) is 0 Å². The minimum atomic E-state index is -1.03. The molecule has 0 aliphatic heterocycles. The van der Waals surface area contributed by atoms with Crippen LogP contribution in [0.1, 0.15) is 16.1 Å². The number of aryl methyl sites for hydroxylation is 1. The molecule has 1 heterocycles. The standard InChI is InChI=1S/C12H9FINO2/c1-7-2-8(13)4-10(3-7)15-6-9(14)5-11(15)12(16)17/h2-6H,1H3,(H,16,17). The molecular formula is C12H9FINO2. The minimum Gasteiger partial charge on any atom is -0.477 e. The smallest absolute Gasteiger partial charge is 0.352 e. The Morgan fingerprint density at radius 2 is 2.06 bits per heavy atom. The van der Waals surface area contributed by atoms with Crippen LogP contribution in [-0.4, -0.2) is 15.6 Å². The molecule has 0 aliphatic carbocycles. The van der Waals surface area contributed by atoms with Crippen LogP contribution >= 0.6 is 22.6 Å². The molecule has 0 unspecified atom stereocenters. The fraction of sp³-hybridized carbons (Fsp3) is 0.0833. The summed E-state index contributed by atoms with van der Waals surface area (Å²) in [6.45, 7) is 1.77. The van der Waals surface area contributed by atoms with E-state index in [0.717, 1.165) is 9.13 Å². The number of aromatic nitrogens is 1. The average Bonchev–Trinajstić information content (AvgIpc) is 2.59. The maximum absolute atomic E-state index is 13.3. The highest BCUT2D eigenvalue weighted by molar-refractivity contribution is 14.1. The van der Waals surface area contributed by atoms with Crippen molar-refractivity contribution in [2.75, 3.05) is 0 Å². The number of nitrogens with zero attached hydrogens (tertiary/aromatic N) is 1. The monoisotopic (exact) mass is 345 g/mol. The van der Waals surface area contributed by atoms with Gasteiger partial charge < -0.3 is 9.67 Å². The van der Waals surface area contributed by atoms with Crippen LogP contribution in [0.2, 0.25) is 0 Å². The summed E-state index contributed by atoms with van der Waals surface area (Å²) in [5, 5.41) is 9.06. The van der Waals surface area contributed by atoms with Crippen molar-refractivity contribution >= 4 is 28.6 Å². The number of rotatable bonds is 2.